The lowest BCUT2D eigenvalue weighted by Gasteiger charge is -2.07. The largest absolute Gasteiger partial charge is 0.508 e. The van der Waals surface area contributed by atoms with E-state index in [0.717, 1.165) is 18.2 Å². The summed E-state index contributed by atoms with van der Waals surface area (Å²) in [4.78, 5) is 0. The minimum absolute atomic E-state index is 0.284. The Balaban J connectivity index is 0.000000791. The zero-order valence-corrected chi connectivity index (χ0v) is 8.45. The molecule has 14 heavy (non-hydrogen) atoms. The van der Waals surface area contributed by atoms with Crippen molar-refractivity contribution in [1.29, 1.82) is 0 Å². The predicted octanol–water partition coefficient (Wildman–Crippen LogP) is 4.09. The van der Waals surface area contributed by atoms with Crippen LogP contribution in [0.15, 0.2) is 18.2 Å². The van der Waals surface area contributed by atoms with Gasteiger partial charge in [-0.2, -0.15) is 13.2 Å². The van der Waals surface area contributed by atoms with Crippen LogP contribution in [0.25, 0.3) is 0 Å². The van der Waals surface area contributed by atoms with Gasteiger partial charge in [0.15, 0.2) is 0 Å². The minimum atomic E-state index is -4.47. The number of halogens is 4. The average Bonchev–Trinajstić information content (AvgIpc) is 2.05. The molecule has 0 spiro atoms. The first kappa shape index (κ1) is 13.1. The van der Waals surface area contributed by atoms with Gasteiger partial charge in [-0.1, -0.05) is 25.4 Å². The second-order valence-electron chi connectivity index (χ2n) is 2.16. The zero-order valence-electron chi connectivity index (χ0n) is 7.69. The van der Waals surface area contributed by atoms with Crippen molar-refractivity contribution in [3.8, 4) is 5.75 Å². The molecule has 0 heterocycles. The highest BCUT2D eigenvalue weighted by molar-refractivity contribution is 6.31. The molecule has 0 fully saturated rings. The van der Waals surface area contributed by atoms with E-state index in [-0.39, 0.29) is 5.75 Å². The van der Waals surface area contributed by atoms with Crippen molar-refractivity contribution < 1.29 is 18.3 Å². The van der Waals surface area contributed by atoms with Crippen LogP contribution in [0, 0.1) is 0 Å². The molecule has 1 N–H and O–H groups in total. The molecule has 0 radical (unpaired) electrons. The summed E-state index contributed by atoms with van der Waals surface area (Å²) in [5, 5.41) is 8.25. The molecule has 1 aromatic carbocycles. The van der Waals surface area contributed by atoms with E-state index in [2.05, 4.69) is 0 Å². The topological polar surface area (TPSA) is 20.2 Å². The number of benzene rings is 1. The third-order valence-electron chi connectivity index (χ3n) is 1.26. The van der Waals surface area contributed by atoms with Crippen molar-refractivity contribution >= 4 is 11.6 Å². The lowest BCUT2D eigenvalue weighted by molar-refractivity contribution is -0.137. The number of hydrogen-bond donors (Lipinski definition) is 1. The fraction of sp³-hybridized carbons (Fsp3) is 0.333. The van der Waals surface area contributed by atoms with E-state index in [1.54, 1.807) is 0 Å². The van der Waals surface area contributed by atoms with Gasteiger partial charge >= 0.3 is 6.18 Å². The first-order valence-electron chi connectivity index (χ1n) is 3.97. The minimum Gasteiger partial charge on any atom is -0.508 e. The van der Waals surface area contributed by atoms with E-state index in [4.69, 9.17) is 16.7 Å². The Hall–Kier alpha value is -0.900. The maximum atomic E-state index is 12.0. The van der Waals surface area contributed by atoms with Gasteiger partial charge in [-0.15, -0.1) is 0 Å². The van der Waals surface area contributed by atoms with Gasteiger partial charge in [0.05, 0.1) is 10.6 Å². The van der Waals surface area contributed by atoms with Crippen molar-refractivity contribution in [2.75, 3.05) is 0 Å². The van der Waals surface area contributed by atoms with Gasteiger partial charge in [-0.25, -0.2) is 0 Å². The van der Waals surface area contributed by atoms with Crippen LogP contribution in [0.2, 0.25) is 5.02 Å². The number of aromatic hydroxyl groups is 1. The maximum absolute atomic E-state index is 12.0. The molecule has 1 nitrogen and oxygen atoms in total. The smallest absolute Gasteiger partial charge is 0.417 e. The molecular formula is C9H10ClF3O. The van der Waals surface area contributed by atoms with Crippen molar-refractivity contribution in [3.05, 3.63) is 28.8 Å². The number of phenolic OH excluding ortho intramolecular Hbond substituents is 1. The third-order valence-corrected chi connectivity index (χ3v) is 1.57. The van der Waals surface area contributed by atoms with Crippen LogP contribution in [-0.2, 0) is 6.18 Å². The molecule has 80 valence electrons. The van der Waals surface area contributed by atoms with Crippen LogP contribution >= 0.6 is 11.6 Å². The number of alkyl halides is 3. The monoisotopic (exact) mass is 226 g/mol. The quantitative estimate of drug-likeness (QED) is 0.706. The highest BCUT2D eigenvalue weighted by Crippen LogP contribution is 2.35. The molecule has 0 bridgehead atoms. The Bertz CT molecular complexity index is 297. The SMILES string of the molecule is CC.Oc1ccc(C(F)(F)F)c(Cl)c1. The van der Waals surface area contributed by atoms with Gasteiger partial charge in [0.2, 0.25) is 0 Å². The number of phenols is 1. The van der Waals surface area contributed by atoms with Crippen LogP contribution in [-0.4, -0.2) is 5.11 Å². The third kappa shape index (κ3) is 3.46. The van der Waals surface area contributed by atoms with Gasteiger partial charge in [0, 0.05) is 0 Å². The molecule has 0 aliphatic heterocycles. The van der Waals surface area contributed by atoms with Crippen LogP contribution in [0.5, 0.6) is 5.75 Å². The van der Waals surface area contributed by atoms with Crippen molar-refractivity contribution in [2.24, 2.45) is 0 Å². The van der Waals surface area contributed by atoms with E-state index in [1.165, 1.54) is 0 Å². The number of rotatable bonds is 0. The van der Waals surface area contributed by atoms with E-state index < -0.39 is 16.8 Å². The van der Waals surface area contributed by atoms with Crippen LogP contribution < -0.4 is 0 Å². The van der Waals surface area contributed by atoms with Crippen molar-refractivity contribution in [1.82, 2.24) is 0 Å². The first-order chi connectivity index (χ1) is 6.41. The molecule has 0 aliphatic carbocycles. The van der Waals surface area contributed by atoms with Gasteiger partial charge < -0.3 is 5.11 Å². The molecule has 0 atom stereocenters. The molecular weight excluding hydrogens is 217 g/mol. The fourth-order valence-electron chi connectivity index (χ4n) is 0.734. The lowest BCUT2D eigenvalue weighted by Crippen LogP contribution is -2.05. The highest BCUT2D eigenvalue weighted by atomic mass is 35.5. The van der Waals surface area contributed by atoms with Gasteiger partial charge in [0.1, 0.15) is 5.75 Å². The van der Waals surface area contributed by atoms with Crippen molar-refractivity contribution in [2.45, 2.75) is 20.0 Å². The number of hydrogen-bond acceptors (Lipinski definition) is 1. The molecule has 0 saturated carbocycles. The average molecular weight is 227 g/mol. The highest BCUT2D eigenvalue weighted by Gasteiger charge is 2.32. The van der Waals surface area contributed by atoms with Crippen LogP contribution in [0.1, 0.15) is 19.4 Å². The molecule has 1 rings (SSSR count). The van der Waals surface area contributed by atoms with Gasteiger partial charge in [-0.3, -0.25) is 0 Å². The van der Waals surface area contributed by atoms with E-state index >= 15 is 0 Å². The molecule has 0 saturated heterocycles. The second-order valence-corrected chi connectivity index (χ2v) is 2.57. The molecule has 0 aliphatic rings. The predicted molar refractivity (Wildman–Crippen MR) is 49.5 cm³/mol. The van der Waals surface area contributed by atoms with Crippen molar-refractivity contribution in [3.63, 3.8) is 0 Å². The fourth-order valence-corrected chi connectivity index (χ4v) is 1.02. The Morgan fingerprint density at radius 1 is 1.21 bits per heavy atom. The normalized spacial score (nSPS) is 10.4. The van der Waals surface area contributed by atoms with Crippen LogP contribution in [0.3, 0.4) is 0 Å². The standard InChI is InChI=1S/C7H4ClF3O.C2H6/c8-6-3-4(12)1-2-5(6)7(9,10)11;1-2/h1-3,12H;1-2H3. The molecule has 0 unspecified atom stereocenters. The molecule has 0 amide bonds. The van der Waals surface area contributed by atoms with Crippen LogP contribution in [0.4, 0.5) is 13.2 Å². The molecule has 5 heteroatoms. The summed E-state index contributed by atoms with van der Waals surface area (Å²) < 4.78 is 36.0. The van der Waals surface area contributed by atoms with E-state index in [1.807, 2.05) is 13.8 Å². The Morgan fingerprint density at radius 2 is 1.71 bits per heavy atom. The van der Waals surface area contributed by atoms with Gasteiger partial charge in [0.25, 0.3) is 0 Å². The summed E-state index contributed by atoms with van der Waals surface area (Å²) >= 11 is 5.23. The first-order valence-corrected chi connectivity index (χ1v) is 4.35. The summed E-state index contributed by atoms with van der Waals surface area (Å²) in [6.45, 7) is 4.00. The summed E-state index contributed by atoms with van der Waals surface area (Å²) in [6.07, 6.45) is -4.47. The lowest BCUT2D eigenvalue weighted by atomic mass is 10.2. The Kier molecular flexibility index (Phi) is 4.77. The summed E-state index contributed by atoms with van der Waals surface area (Å²) in [5.41, 5.74) is -0.943. The Morgan fingerprint density at radius 3 is 2.07 bits per heavy atom. The second kappa shape index (κ2) is 5.10. The van der Waals surface area contributed by atoms with E-state index in [9.17, 15) is 13.2 Å². The molecule has 0 aromatic heterocycles. The zero-order chi connectivity index (χ0) is 11.4. The van der Waals surface area contributed by atoms with Gasteiger partial charge in [-0.05, 0) is 18.2 Å². The Labute approximate surface area is 85.1 Å². The summed E-state index contributed by atoms with van der Waals surface area (Å²) in [5.74, 6) is -0.284. The van der Waals surface area contributed by atoms with E-state index in [0.29, 0.717) is 0 Å². The summed E-state index contributed by atoms with van der Waals surface area (Å²) in [6, 6.07) is 2.52. The molecule has 1 aromatic rings. The summed E-state index contributed by atoms with van der Waals surface area (Å²) in [7, 11) is 0. The maximum Gasteiger partial charge on any atom is 0.417 e.